The summed E-state index contributed by atoms with van der Waals surface area (Å²) in [6.45, 7) is 5.62. The SMILES string of the molecule is CC/C=C/C=C/C=C\C=C/C=C/CCCCC(O)C(=O)NC(COC1OC(CO)C(O)C(O)C1OC(=O)CCCCCCCCCCCCCCCCCCC)C(O)/C=C/CCCCCCCCCCCCC. The molecule has 8 atom stereocenters. The van der Waals surface area contributed by atoms with Gasteiger partial charge in [0.25, 0.3) is 0 Å². The maximum Gasteiger partial charge on any atom is 0.306 e. The maximum atomic E-state index is 13.4. The Balaban J connectivity index is 2.74. The van der Waals surface area contributed by atoms with E-state index in [2.05, 4.69) is 32.2 Å². The molecule has 1 aliphatic rings. The number of amides is 1. The van der Waals surface area contributed by atoms with E-state index in [4.69, 9.17) is 14.2 Å². The van der Waals surface area contributed by atoms with Crippen molar-refractivity contribution in [1.29, 1.82) is 0 Å². The second-order valence-electron chi connectivity index (χ2n) is 20.5. The number of aliphatic hydroxyl groups excluding tert-OH is 5. The minimum Gasteiger partial charge on any atom is -0.454 e. The van der Waals surface area contributed by atoms with E-state index in [0.717, 1.165) is 57.8 Å². The molecule has 0 aromatic rings. The minimum atomic E-state index is -1.62. The molecule has 1 fully saturated rings. The van der Waals surface area contributed by atoms with Crippen molar-refractivity contribution in [2.75, 3.05) is 13.2 Å². The summed E-state index contributed by atoms with van der Waals surface area (Å²) < 4.78 is 17.6. The number of hydrogen-bond donors (Lipinski definition) is 6. The van der Waals surface area contributed by atoms with Crippen molar-refractivity contribution in [3.63, 3.8) is 0 Å². The van der Waals surface area contributed by atoms with Gasteiger partial charge in [0.1, 0.15) is 24.4 Å². The Morgan fingerprint density at radius 3 is 1.48 bits per heavy atom. The molecule has 0 aliphatic carbocycles. The largest absolute Gasteiger partial charge is 0.454 e. The zero-order chi connectivity index (χ0) is 53.3. The van der Waals surface area contributed by atoms with Crippen LogP contribution < -0.4 is 5.32 Å². The molecule has 0 spiro atoms. The lowest BCUT2D eigenvalue weighted by Crippen LogP contribution is -2.61. The maximum absolute atomic E-state index is 13.4. The number of unbranched alkanes of at least 4 members (excludes halogenated alkanes) is 29. The highest BCUT2D eigenvalue weighted by atomic mass is 16.7. The lowest BCUT2D eigenvalue weighted by Gasteiger charge is -2.41. The highest BCUT2D eigenvalue weighted by molar-refractivity contribution is 5.80. The summed E-state index contributed by atoms with van der Waals surface area (Å²) in [6.07, 6.45) is 52.3. The normalized spacial score (nSPS) is 19.9. The van der Waals surface area contributed by atoms with Crippen LogP contribution in [0.25, 0.3) is 0 Å². The average Bonchev–Trinajstić information content (AvgIpc) is 3.39. The van der Waals surface area contributed by atoms with Gasteiger partial charge < -0.3 is 45.1 Å². The fourth-order valence-electron chi connectivity index (χ4n) is 9.03. The lowest BCUT2D eigenvalue weighted by atomic mass is 9.99. The molecular formula is C62H109NO10. The van der Waals surface area contributed by atoms with Gasteiger partial charge in [0.2, 0.25) is 5.91 Å². The van der Waals surface area contributed by atoms with Crippen molar-refractivity contribution in [1.82, 2.24) is 5.32 Å². The number of carbonyl (C=O) groups is 2. The number of hydrogen-bond acceptors (Lipinski definition) is 10. The van der Waals surface area contributed by atoms with Crippen molar-refractivity contribution in [3.05, 3.63) is 72.9 Å². The number of carbonyl (C=O) groups excluding carboxylic acids is 2. The molecule has 1 rings (SSSR count). The Kier molecular flexibility index (Phi) is 46.6. The molecule has 1 heterocycles. The van der Waals surface area contributed by atoms with Gasteiger partial charge >= 0.3 is 5.97 Å². The van der Waals surface area contributed by atoms with E-state index in [1.54, 1.807) is 6.08 Å². The van der Waals surface area contributed by atoms with E-state index < -0.39 is 67.4 Å². The van der Waals surface area contributed by atoms with E-state index in [9.17, 15) is 35.1 Å². The van der Waals surface area contributed by atoms with Crippen LogP contribution in [0.15, 0.2) is 72.9 Å². The molecule has 0 aromatic carbocycles. The Morgan fingerprint density at radius 1 is 0.548 bits per heavy atom. The van der Waals surface area contributed by atoms with Crippen LogP contribution in [0.4, 0.5) is 0 Å². The predicted molar refractivity (Wildman–Crippen MR) is 301 cm³/mol. The third kappa shape index (κ3) is 38.3. The fourth-order valence-corrected chi connectivity index (χ4v) is 9.03. The number of ether oxygens (including phenoxy) is 3. The van der Waals surface area contributed by atoms with Gasteiger partial charge in [-0.1, -0.05) is 267 Å². The zero-order valence-electron chi connectivity index (χ0n) is 46.5. The van der Waals surface area contributed by atoms with Crippen molar-refractivity contribution in [2.45, 2.75) is 294 Å². The Hall–Kier alpha value is -2.90. The summed E-state index contributed by atoms with van der Waals surface area (Å²) in [5, 5.41) is 56.8. The summed E-state index contributed by atoms with van der Waals surface area (Å²) in [5.41, 5.74) is 0. The summed E-state index contributed by atoms with van der Waals surface area (Å²) in [7, 11) is 0. The van der Waals surface area contributed by atoms with Crippen molar-refractivity contribution >= 4 is 11.9 Å². The van der Waals surface area contributed by atoms with Crippen LogP contribution in [-0.4, -0.2) is 99.6 Å². The van der Waals surface area contributed by atoms with Gasteiger partial charge in [-0.25, -0.2) is 0 Å². The summed E-state index contributed by atoms with van der Waals surface area (Å²) in [4.78, 5) is 26.5. The number of nitrogens with one attached hydrogen (secondary N) is 1. The smallest absolute Gasteiger partial charge is 0.306 e. The first-order chi connectivity index (χ1) is 35.7. The minimum absolute atomic E-state index is 0.119. The topological polar surface area (TPSA) is 175 Å². The van der Waals surface area contributed by atoms with Crippen LogP contribution in [0.3, 0.4) is 0 Å². The third-order valence-corrected chi connectivity index (χ3v) is 13.8. The van der Waals surface area contributed by atoms with Gasteiger partial charge in [0.15, 0.2) is 12.4 Å². The van der Waals surface area contributed by atoms with Crippen LogP contribution in [0.5, 0.6) is 0 Å². The van der Waals surface area contributed by atoms with E-state index in [1.165, 1.54) is 141 Å². The molecule has 1 amide bonds. The van der Waals surface area contributed by atoms with Crippen LogP contribution in [0.2, 0.25) is 0 Å². The second kappa shape index (κ2) is 49.9. The molecule has 0 aromatic heterocycles. The molecule has 1 saturated heterocycles. The molecule has 6 N–H and O–H groups in total. The Morgan fingerprint density at radius 2 is 0.986 bits per heavy atom. The summed E-state index contributed by atoms with van der Waals surface area (Å²) >= 11 is 0. The molecule has 0 radical (unpaired) electrons. The fraction of sp³-hybridized carbons (Fsp3) is 0.774. The van der Waals surface area contributed by atoms with Crippen molar-refractivity contribution < 1.29 is 49.3 Å². The van der Waals surface area contributed by atoms with Crippen LogP contribution in [-0.2, 0) is 23.8 Å². The van der Waals surface area contributed by atoms with Crippen molar-refractivity contribution in [2.24, 2.45) is 0 Å². The van der Waals surface area contributed by atoms with E-state index in [0.29, 0.717) is 12.8 Å². The van der Waals surface area contributed by atoms with Gasteiger partial charge in [-0.2, -0.15) is 0 Å². The van der Waals surface area contributed by atoms with Crippen LogP contribution in [0.1, 0.15) is 245 Å². The number of rotatable bonds is 49. The summed E-state index contributed by atoms with van der Waals surface area (Å²) in [6, 6.07) is -1.05. The van der Waals surface area contributed by atoms with Crippen LogP contribution >= 0.6 is 0 Å². The Bertz CT molecular complexity index is 1460. The first-order valence-electron chi connectivity index (χ1n) is 29.8. The van der Waals surface area contributed by atoms with E-state index in [-0.39, 0.29) is 19.4 Å². The molecule has 8 unspecified atom stereocenters. The zero-order valence-corrected chi connectivity index (χ0v) is 46.5. The summed E-state index contributed by atoms with van der Waals surface area (Å²) in [5.74, 6) is -1.24. The quantitative estimate of drug-likeness (QED) is 0.0149. The highest BCUT2D eigenvalue weighted by Gasteiger charge is 2.47. The van der Waals surface area contributed by atoms with Gasteiger partial charge in [-0.05, 0) is 44.9 Å². The molecule has 422 valence electrons. The molecular weight excluding hydrogens is 919 g/mol. The Labute approximate surface area is 445 Å². The molecule has 0 saturated carbocycles. The van der Waals surface area contributed by atoms with Gasteiger partial charge in [-0.15, -0.1) is 0 Å². The number of esters is 1. The van der Waals surface area contributed by atoms with Gasteiger partial charge in [0.05, 0.1) is 25.4 Å². The lowest BCUT2D eigenvalue weighted by molar-refractivity contribution is -0.305. The standard InChI is InChI=1S/C62H109NO10/c1-4-7-10-13-16-19-22-25-27-28-29-32-35-38-41-44-47-50-57(67)73-60-59(69)58(68)56(51-64)72-62(60)71-52-53(54(65)48-45-42-39-36-33-30-24-21-18-15-12-9-6-3)63-61(70)55(66)49-46-43-40-37-34-31-26-23-20-17-14-11-8-5-2/h8,11,14,17,20,23,26,31,34,37,45,48,53-56,58-60,62,64-66,68-69H,4-7,9-10,12-13,15-16,18-19,21-22,24-25,27-30,32-33,35-36,38-44,46-47,49-52H2,1-3H3,(H,63,70)/b11-8+,17-14+,23-20-,31-26-,37-34+,48-45+. The molecule has 1 aliphatic heterocycles. The predicted octanol–water partition coefficient (Wildman–Crippen LogP) is 13.6. The van der Waals surface area contributed by atoms with Gasteiger partial charge in [0, 0.05) is 6.42 Å². The first-order valence-corrected chi connectivity index (χ1v) is 29.8. The van der Waals surface area contributed by atoms with Crippen molar-refractivity contribution in [3.8, 4) is 0 Å². The number of allylic oxidation sites excluding steroid dienone is 11. The molecule has 0 bridgehead atoms. The number of aliphatic hydroxyl groups is 5. The molecule has 11 heteroatoms. The average molecular weight is 1030 g/mol. The highest BCUT2D eigenvalue weighted by Crippen LogP contribution is 2.26. The third-order valence-electron chi connectivity index (χ3n) is 13.8. The second-order valence-corrected chi connectivity index (χ2v) is 20.5. The molecule has 73 heavy (non-hydrogen) atoms. The van der Waals surface area contributed by atoms with Gasteiger partial charge in [-0.3, -0.25) is 9.59 Å². The van der Waals surface area contributed by atoms with Crippen LogP contribution in [0, 0.1) is 0 Å². The molecule has 11 nitrogen and oxygen atoms in total. The monoisotopic (exact) mass is 1030 g/mol. The van der Waals surface area contributed by atoms with E-state index in [1.807, 2.05) is 60.8 Å². The van der Waals surface area contributed by atoms with E-state index >= 15 is 0 Å². The first kappa shape index (κ1) is 68.1.